The van der Waals surface area contributed by atoms with Crippen molar-refractivity contribution in [1.29, 1.82) is 0 Å². The molecular weight excluding hydrogens is 200 g/mol. The van der Waals surface area contributed by atoms with E-state index in [1.54, 1.807) is 0 Å². The molecule has 2 atom stereocenters. The highest BCUT2D eigenvalue weighted by atomic mass is 16.5. The van der Waals surface area contributed by atoms with Gasteiger partial charge >= 0.3 is 0 Å². The zero-order valence-electron chi connectivity index (χ0n) is 11.0. The van der Waals surface area contributed by atoms with Gasteiger partial charge in [-0.2, -0.15) is 0 Å². The summed E-state index contributed by atoms with van der Waals surface area (Å²) in [6.07, 6.45) is 9.37. The molecule has 0 aromatic heterocycles. The van der Waals surface area contributed by atoms with E-state index in [-0.39, 0.29) is 12.2 Å². The minimum atomic E-state index is -0.265. The monoisotopic (exact) mass is 228 g/mol. The van der Waals surface area contributed by atoms with E-state index in [9.17, 15) is 5.11 Å². The number of ether oxygens (including phenoxy) is 1. The van der Waals surface area contributed by atoms with Crippen LogP contribution in [0.3, 0.4) is 0 Å². The summed E-state index contributed by atoms with van der Waals surface area (Å²) in [6, 6.07) is 0. The van der Waals surface area contributed by atoms with Crippen LogP contribution >= 0.6 is 0 Å². The summed E-state index contributed by atoms with van der Waals surface area (Å²) >= 11 is 0. The fourth-order valence-corrected chi connectivity index (χ4v) is 2.60. The topological polar surface area (TPSA) is 29.5 Å². The molecule has 0 amide bonds. The van der Waals surface area contributed by atoms with Crippen molar-refractivity contribution in [3.63, 3.8) is 0 Å². The van der Waals surface area contributed by atoms with E-state index >= 15 is 0 Å². The maximum atomic E-state index is 9.91. The van der Waals surface area contributed by atoms with Crippen molar-refractivity contribution < 1.29 is 9.84 Å². The van der Waals surface area contributed by atoms with Gasteiger partial charge in [0, 0.05) is 6.61 Å². The minimum absolute atomic E-state index is 0.0573. The fraction of sp³-hybridized carbons (Fsp3) is 1.00. The van der Waals surface area contributed by atoms with Crippen molar-refractivity contribution in [2.45, 2.75) is 77.4 Å². The van der Waals surface area contributed by atoms with Crippen LogP contribution in [0.5, 0.6) is 0 Å². The summed E-state index contributed by atoms with van der Waals surface area (Å²) < 4.78 is 5.90. The van der Waals surface area contributed by atoms with E-state index in [1.165, 1.54) is 32.1 Å². The largest absolute Gasteiger partial charge is 0.390 e. The molecule has 0 saturated heterocycles. The molecule has 0 radical (unpaired) electrons. The Hall–Kier alpha value is -0.0800. The molecule has 0 bridgehead atoms. The predicted octanol–water partition coefficient (Wildman–Crippen LogP) is 3.52. The molecule has 1 N–H and O–H groups in total. The van der Waals surface area contributed by atoms with E-state index in [4.69, 9.17) is 4.74 Å². The number of hydrogen-bond donors (Lipinski definition) is 1. The molecule has 2 heteroatoms. The maximum absolute atomic E-state index is 9.91. The zero-order chi connectivity index (χ0) is 11.8. The first-order valence-electron chi connectivity index (χ1n) is 7.07. The molecule has 0 heterocycles. The van der Waals surface area contributed by atoms with Gasteiger partial charge in [-0.3, -0.25) is 0 Å². The molecule has 1 aliphatic carbocycles. The molecule has 1 fully saturated rings. The molecule has 0 aliphatic heterocycles. The fourth-order valence-electron chi connectivity index (χ4n) is 2.60. The van der Waals surface area contributed by atoms with Gasteiger partial charge in [-0.05, 0) is 31.6 Å². The van der Waals surface area contributed by atoms with Crippen molar-refractivity contribution in [2.75, 3.05) is 6.61 Å². The van der Waals surface area contributed by atoms with Gasteiger partial charge < -0.3 is 9.84 Å². The van der Waals surface area contributed by atoms with Gasteiger partial charge in [-0.1, -0.05) is 39.5 Å². The molecule has 1 rings (SSSR count). The first-order valence-corrected chi connectivity index (χ1v) is 7.07. The summed E-state index contributed by atoms with van der Waals surface area (Å²) in [7, 11) is 0. The van der Waals surface area contributed by atoms with E-state index in [0.29, 0.717) is 0 Å². The Kier molecular flexibility index (Phi) is 7.06. The Morgan fingerprint density at radius 2 is 1.88 bits per heavy atom. The summed E-state index contributed by atoms with van der Waals surface area (Å²) in [5.41, 5.74) is 0. The molecule has 1 saturated carbocycles. The smallest absolute Gasteiger partial charge is 0.0831 e. The molecule has 0 spiro atoms. The first kappa shape index (κ1) is 14.0. The minimum Gasteiger partial charge on any atom is -0.390 e. The van der Waals surface area contributed by atoms with Crippen LogP contribution in [0.15, 0.2) is 0 Å². The third-order valence-corrected chi connectivity index (χ3v) is 3.69. The number of hydrogen-bond acceptors (Lipinski definition) is 2. The van der Waals surface area contributed by atoms with E-state index in [1.807, 2.05) is 0 Å². The van der Waals surface area contributed by atoms with Gasteiger partial charge in [-0.25, -0.2) is 0 Å². The molecule has 0 aromatic rings. The van der Waals surface area contributed by atoms with Gasteiger partial charge in [0.25, 0.3) is 0 Å². The standard InChI is InChI=1S/C14H28O2/c1-3-8-13(15)14(4-2)16-11-12-9-6-5-7-10-12/h12-15H,3-11H2,1-2H3. The second-order valence-electron chi connectivity index (χ2n) is 5.14. The van der Waals surface area contributed by atoms with E-state index in [2.05, 4.69) is 13.8 Å². The number of aliphatic hydroxyl groups is 1. The van der Waals surface area contributed by atoms with Crippen LogP contribution < -0.4 is 0 Å². The third-order valence-electron chi connectivity index (χ3n) is 3.69. The quantitative estimate of drug-likeness (QED) is 0.722. The van der Waals surface area contributed by atoms with Gasteiger partial charge in [0.2, 0.25) is 0 Å². The Bertz CT molecular complexity index is 164. The van der Waals surface area contributed by atoms with Crippen LogP contribution in [0.25, 0.3) is 0 Å². The summed E-state index contributed by atoms with van der Waals surface area (Å²) in [6.45, 7) is 5.07. The first-order chi connectivity index (χ1) is 7.77. The lowest BCUT2D eigenvalue weighted by molar-refractivity contribution is -0.0571. The molecule has 0 aromatic carbocycles. The van der Waals surface area contributed by atoms with Crippen LogP contribution in [0.2, 0.25) is 0 Å². The van der Waals surface area contributed by atoms with Crippen LogP contribution in [0.4, 0.5) is 0 Å². The van der Waals surface area contributed by atoms with Crippen LogP contribution in [0.1, 0.15) is 65.2 Å². The molecule has 96 valence electrons. The van der Waals surface area contributed by atoms with Gasteiger partial charge in [0.05, 0.1) is 12.2 Å². The Balaban J connectivity index is 2.21. The second kappa shape index (κ2) is 8.08. The average molecular weight is 228 g/mol. The van der Waals surface area contributed by atoms with Crippen LogP contribution in [-0.4, -0.2) is 23.9 Å². The molecule has 2 nitrogen and oxygen atoms in total. The maximum Gasteiger partial charge on any atom is 0.0831 e. The molecule has 16 heavy (non-hydrogen) atoms. The van der Waals surface area contributed by atoms with Gasteiger partial charge in [0.1, 0.15) is 0 Å². The molecule has 2 unspecified atom stereocenters. The van der Waals surface area contributed by atoms with Crippen LogP contribution in [0, 0.1) is 5.92 Å². The Morgan fingerprint density at radius 1 is 1.19 bits per heavy atom. The SMILES string of the molecule is CCCC(O)C(CC)OCC1CCCCC1. The van der Waals surface area contributed by atoms with Gasteiger partial charge in [-0.15, -0.1) is 0 Å². The lowest BCUT2D eigenvalue weighted by atomic mass is 9.90. The van der Waals surface area contributed by atoms with Crippen molar-refractivity contribution >= 4 is 0 Å². The average Bonchev–Trinajstić information content (AvgIpc) is 2.31. The second-order valence-corrected chi connectivity index (χ2v) is 5.14. The normalized spacial score (nSPS) is 21.9. The third kappa shape index (κ3) is 4.84. The van der Waals surface area contributed by atoms with Crippen molar-refractivity contribution in [2.24, 2.45) is 5.92 Å². The Morgan fingerprint density at radius 3 is 2.44 bits per heavy atom. The lowest BCUT2D eigenvalue weighted by Gasteiger charge is -2.26. The highest BCUT2D eigenvalue weighted by molar-refractivity contribution is 4.70. The predicted molar refractivity (Wildman–Crippen MR) is 67.5 cm³/mol. The van der Waals surface area contributed by atoms with E-state index in [0.717, 1.165) is 31.8 Å². The van der Waals surface area contributed by atoms with Crippen molar-refractivity contribution in [3.8, 4) is 0 Å². The van der Waals surface area contributed by atoms with Crippen molar-refractivity contribution in [3.05, 3.63) is 0 Å². The van der Waals surface area contributed by atoms with Crippen LogP contribution in [-0.2, 0) is 4.74 Å². The molecule has 1 aliphatic rings. The summed E-state index contributed by atoms with van der Waals surface area (Å²) in [4.78, 5) is 0. The summed E-state index contributed by atoms with van der Waals surface area (Å²) in [5, 5.41) is 9.91. The zero-order valence-corrected chi connectivity index (χ0v) is 11.0. The highest BCUT2D eigenvalue weighted by Crippen LogP contribution is 2.24. The van der Waals surface area contributed by atoms with E-state index < -0.39 is 0 Å². The number of aliphatic hydroxyl groups excluding tert-OH is 1. The number of rotatable bonds is 7. The highest BCUT2D eigenvalue weighted by Gasteiger charge is 2.20. The lowest BCUT2D eigenvalue weighted by Crippen LogP contribution is -2.30. The summed E-state index contributed by atoms with van der Waals surface area (Å²) in [5.74, 6) is 0.747. The van der Waals surface area contributed by atoms with Crippen molar-refractivity contribution in [1.82, 2.24) is 0 Å². The molecular formula is C14H28O2. The Labute approximate surface area is 100 Å². The van der Waals surface area contributed by atoms with Gasteiger partial charge in [0.15, 0.2) is 0 Å².